The zero-order valence-electron chi connectivity index (χ0n) is 51.8. The van der Waals surface area contributed by atoms with Gasteiger partial charge < -0.3 is 4.57 Å². The van der Waals surface area contributed by atoms with Crippen molar-refractivity contribution in [1.82, 2.24) is 27.9 Å². The molecule has 96 heavy (non-hydrogen) atoms. The van der Waals surface area contributed by atoms with E-state index in [0.29, 0.717) is 0 Å². The fourth-order valence-electron chi connectivity index (χ4n) is 15.6. The highest BCUT2D eigenvalue weighted by molar-refractivity contribution is 7.85. The number of rotatable bonds is 9. The van der Waals surface area contributed by atoms with Gasteiger partial charge in [0.15, 0.2) is 18.4 Å². The van der Waals surface area contributed by atoms with Gasteiger partial charge in [0.2, 0.25) is 0 Å². The van der Waals surface area contributed by atoms with Gasteiger partial charge in [-0.05, 0) is 121 Å². The van der Waals surface area contributed by atoms with E-state index in [9.17, 15) is 0 Å². The molecule has 8 heteroatoms. The van der Waals surface area contributed by atoms with E-state index in [2.05, 4.69) is 321 Å². The third-order valence-electron chi connectivity index (χ3n) is 20.0. The van der Waals surface area contributed by atoms with Crippen LogP contribution >= 0.6 is 7.14 Å². The Balaban J connectivity index is 0.709. The Morgan fingerprint density at radius 2 is 0.615 bits per heavy atom. The number of para-hydroxylation sites is 3. The van der Waals surface area contributed by atoms with Crippen molar-refractivity contribution >= 4 is 133 Å². The maximum Gasteiger partial charge on any atom is 0.171 e. The average molecular weight is 1240 g/mol. The lowest BCUT2D eigenvalue weighted by molar-refractivity contribution is 0.592. The zero-order chi connectivity index (χ0) is 63.2. The first-order valence-electron chi connectivity index (χ1n) is 32.7. The molecule has 1 atom stereocenters. The largest absolute Gasteiger partial charge is 0.309 e. The molecule has 0 saturated carbocycles. The number of imidazole rings is 2. The molecule has 448 valence electrons. The average Bonchev–Trinajstić information content (AvgIpc) is 1.53. The normalized spacial score (nSPS) is 12.7. The van der Waals surface area contributed by atoms with Crippen LogP contribution in [-0.2, 0) is 4.57 Å². The first-order chi connectivity index (χ1) is 47.5. The Morgan fingerprint density at radius 1 is 0.240 bits per heavy atom. The molecule has 0 aliphatic rings. The SMILES string of the molecule is O=P(c1ccccc1)(c1ccc(-c2ccc3c(c2)c2nc4c5ccccc5c5ccc(-c6ccc(-c7ccccc7)c7ccccc67)cc5n4c2n3-c2ccccc2)cc1)c1ccc(-c2ccc3c4ccccc4c4nc5c6ccccc6n(-c6ccccc6)c5n4c3c2)cc1. The molecule has 0 spiro atoms. The Labute approximate surface area is 551 Å². The summed E-state index contributed by atoms with van der Waals surface area (Å²) in [6.07, 6.45) is 0. The molecule has 6 heterocycles. The number of benzene rings is 14. The van der Waals surface area contributed by atoms with Gasteiger partial charge in [0.05, 0.1) is 22.1 Å². The molecule has 0 radical (unpaired) electrons. The van der Waals surface area contributed by atoms with Crippen molar-refractivity contribution in [3.63, 3.8) is 0 Å². The van der Waals surface area contributed by atoms with Crippen molar-refractivity contribution in [2.75, 3.05) is 0 Å². The maximum atomic E-state index is 16.4. The predicted octanol–water partition coefficient (Wildman–Crippen LogP) is 21.2. The summed E-state index contributed by atoms with van der Waals surface area (Å²) in [6, 6.07) is 118. The molecule has 7 nitrogen and oxygen atoms in total. The van der Waals surface area contributed by atoms with Crippen LogP contribution in [-0.4, -0.2) is 27.9 Å². The quantitative estimate of drug-likeness (QED) is 0.107. The van der Waals surface area contributed by atoms with Crippen molar-refractivity contribution < 1.29 is 4.57 Å². The molecule has 0 saturated heterocycles. The van der Waals surface area contributed by atoms with Crippen LogP contribution in [0.3, 0.4) is 0 Å². The Morgan fingerprint density at radius 3 is 1.16 bits per heavy atom. The lowest BCUT2D eigenvalue weighted by Crippen LogP contribution is -2.24. The smallest absolute Gasteiger partial charge is 0.171 e. The topological polar surface area (TPSA) is 61.5 Å². The maximum absolute atomic E-state index is 16.4. The van der Waals surface area contributed by atoms with Gasteiger partial charge in [-0.15, -0.1) is 0 Å². The van der Waals surface area contributed by atoms with Crippen molar-refractivity contribution in [2.45, 2.75) is 0 Å². The van der Waals surface area contributed by atoms with Gasteiger partial charge in [-0.25, -0.2) is 9.97 Å². The standard InChI is InChI=1S/C88H55N6OP/c95-96(64-27-11-4-12-28-64,66-46-39-57(40-47-66)60-41-48-73-71-31-15-17-33-75(71)85-89-83-77-35-19-20-36-79(77)91(62-23-7-2-8-24-62)87(83)93(85)81(73)54-60)65-44-37-56(38-45-65)59-43-52-80-78(53-59)84-88(92(80)63-25-9-3-10-26-63)94-82-55-61(42-49-74(82)72-32-16-18-34-76(72)86(94)90-84)68-51-50-67(58-21-5-1-6-22-58)69-29-13-14-30-70(68)69/h1-55H. The van der Waals surface area contributed by atoms with Gasteiger partial charge in [-0.3, -0.25) is 17.9 Å². The fraction of sp³-hybridized carbons (Fsp3) is 0. The number of pyridine rings is 2. The van der Waals surface area contributed by atoms with E-state index in [1.807, 2.05) is 30.3 Å². The van der Waals surface area contributed by atoms with E-state index in [1.165, 1.54) is 27.5 Å². The minimum absolute atomic E-state index is 0.764. The van der Waals surface area contributed by atoms with Gasteiger partial charge in [0.25, 0.3) is 0 Å². The Bertz CT molecular complexity index is 6630. The predicted molar refractivity (Wildman–Crippen MR) is 401 cm³/mol. The van der Waals surface area contributed by atoms with Gasteiger partial charge in [0.1, 0.15) is 22.3 Å². The summed E-state index contributed by atoms with van der Waals surface area (Å²) in [5, 5.41) is 13.7. The second-order valence-corrected chi connectivity index (χ2v) is 27.9. The summed E-state index contributed by atoms with van der Waals surface area (Å²) >= 11 is 0. The van der Waals surface area contributed by atoms with Gasteiger partial charge in [0, 0.05) is 59.6 Å². The van der Waals surface area contributed by atoms with E-state index in [4.69, 9.17) is 9.97 Å². The van der Waals surface area contributed by atoms with E-state index in [-0.39, 0.29) is 0 Å². The van der Waals surface area contributed by atoms with Crippen molar-refractivity contribution in [3.05, 3.63) is 334 Å². The fourth-order valence-corrected chi connectivity index (χ4v) is 18.2. The van der Waals surface area contributed by atoms with Crippen molar-refractivity contribution in [2.24, 2.45) is 0 Å². The van der Waals surface area contributed by atoms with Crippen LogP contribution in [0.5, 0.6) is 0 Å². The molecule has 1 unspecified atom stereocenters. The molecule has 0 bridgehead atoms. The van der Waals surface area contributed by atoms with Crippen LogP contribution in [0, 0.1) is 0 Å². The van der Waals surface area contributed by atoms with Crippen LogP contribution in [0.15, 0.2) is 334 Å². The number of nitrogens with zero attached hydrogens (tertiary/aromatic N) is 6. The van der Waals surface area contributed by atoms with E-state index >= 15 is 4.57 Å². The van der Waals surface area contributed by atoms with Crippen molar-refractivity contribution in [1.29, 1.82) is 0 Å². The van der Waals surface area contributed by atoms with Crippen LogP contribution in [0.2, 0.25) is 0 Å². The summed E-state index contributed by atoms with van der Waals surface area (Å²) in [5.41, 5.74) is 21.0. The molecule has 20 rings (SSSR count). The van der Waals surface area contributed by atoms with E-state index < -0.39 is 7.14 Å². The van der Waals surface area contributed by atoms with E-state index in [0.717, 1.165) is 154 Å². The molecule has 0 aliphatic heterocycles. The van der Waals surface area contributed by atoms with E-state index in [1.54, 1.807) is 0 Å². The third-order valence-corrected chi connectivity index (χ3v) is 23.1. The molecular weight excluding hydrogens is 1190 g/mol. The zero-order valence-corrected chi connectivity index (χ0v) is 52.7. The van der Waals surface area contributed by atoms with Crippen LogP contribution in [0.4, 0.5) is 0 Å². The molecular formula is C88H55N6OP. The van der Waals surface area contributed by atoms with Gasteiger partial charge in [-0.2, -0.15) is 0 Å². The summed E-state index contributed by atoms with van der Waals surface area (Å²) in [6.45, 7) is 0. The monoisotopic (exact) mass is 1240 g/mol. The van der Waals surface area contributed by atoms with Gasteiger partial charge >= 0.3 is 0 Å². The number of fused-ring (bicyclic) bond motifs is 21. The summed E-state index contributed by atoms with van der Waals surface area (Å²) in [4.78, 5) is 11.2. The van der Waals surface area contributed by atoms with Gasteiger partial charge in [-0.1, -0.05) is 279 Å². The molecule has 0 amide bonds. The number of hydrogen-bond donors (Lipinski definition) is 0. The number of hydrogen-bond acceptors (Lipinski definition) is 3. The molecule has 20 aromatic rings. The number of aromatic nitrogens is 6. The van der Waals surface area contributed by atoms with Crippen LogP contribution < -0.4 is 15.9 Å². The highest BCUT2D eigenvalue weighted by atomic mass is 31.2. The molecule has 6 aromatic heterocycles. The highest BCUT2D eigenvalue weighted by Crippen LogP contribution is 2.46. The lowest BCUT2D eigenvalue weighted by atomic mass is 9.91. The molecule has 0 N–H and O–H groups in total. The van der Waals surface area contributed by atoms with Crippen LogP contribution in [0.1, 0.15) is 0 Å². The summed E-state index contributed by atoms with van der Waals surface area (Å²) in [5.74, 6) is 0. The highest BCUT2D eigenvalue weighted by Gasteiger charge is 2.31. The summed E-state index contributed by atoms with van der Waals surface area (Å²) < 4.78 is 25.9. The first-order valence-corrected chi connectivity index (χ1v) is 34.4. The summed E-state index contributed by atoms with van der Waals surface area (Å²) in [7, 11) is -3.41. The van der Waals surface area contributed by atoms with Crippen molar-refractivity contribution in [3.8, 4) is 55.9 Å². The molecule has 0 aliphatic carbocycles. The first kappa shape index (κ1) is 54.2. The Hall–Kier alpha value is -12.4. The third kappa shape index (κ3) is 7.99. The second-order valence-electron chi connectivity index (χ2n) is 25.1. The second kappa shape index (κ2) is 21.1. The molecule has 14 aromatic carbocycles. The molecule has 0 fully saturated rings. The minimum Gasteiger partial charge on any atom is -0.309 e. The van der Waals surface area contributed by atoms with Crippen LogP contribution in [0.25, 0.3) is 165 Å². The minimum atomic E-state index is -3.41. The lowest BCUT2D eigenvalue weighted by Gasteiger charge is -2.21. The Kier molecular flexibility index (Phi) is 11.9.